The Morgan fingerprint density at radius 2 is 2.12 bits per heavy atom. The van der Waals surface area contributed by atoms with Crippen LogP contribution in [-0.4, -0.2) is 16.6 Å². The van der Waals surface area contributed by atoms with Crippen LogP contribution < -0.4 is 5.56 Å². The van der Waals surface area contributed by atoms with Gasteiger partial charge in [0, 0.05) is 11.6 Å². The van der Waals surface area contributed by atoms with E-state index in [4.69, 9.17) is 11.6 Å². The van der Waals surface area contributed by atoms with Gasteiger partial charge in [-0.1, -0.05) is 0 Å². The zero-order valence-corrected chi connectivity index (χ0v) is 9.47. The molecule has 1 N–H and O–H groups in total. The van der Waals surface area contributed by atoms with Gasteiger partial charge in [-0.05, 0) is 36.1 Å². The van der Waals surface area contributed by atoms with Crippen LogP contribution in [0.2, 0.25) is 0 Å². The van der Waals surface area contributed by atoms with E-state index >= 15 is 0 Å². The second kappa shape index (κ2) is 4.10. The summed E-state index contributed by atoms with van der Waals surface area (Å²) in [7, 11) is 0. The van der Waals surface area contributed by atoms with Crippen molar-refractivity contribution in [2.45, 2.75) is 6.92 Å². The first-order valence-electron chi connectivity index (χ1n) is 4.84. The normalized spacial score (nSPS) is 10.6. The first kappa shape index (κ1) is 10.9. The van der Waals surface area contributed by atoms with Crippen LogP contribution in [0.15, 0.2) is 29.1 Å². The van der Waals surface area contributed by atoms with Gasteiger partial charge in [-0.2, -0.15) is 0 Å². The predicted octanol–water partition coefficient (Wildman–Crippen LogP) is 2.26. The van der Waals surface area contributed by atoms with Gasteiger partial charge in [-0.25, -0.2) is 0 Å². The lowest BCUT2D eigenvalue weighted by Gasteiger charge is -2.04. The van der Waals surface area contributed by atoms with Crippen LogP contribution in [0.1, 0.15) is 15.9 Å². The van der Waals surface area contributed by atoms with Crippen molar-refractivity contribution in [2.24, 2.45) is 0 Å². The zero-order valence-electron chi connectivity index (χ0n) is 8.71. The number of alkyl halides is 1. The van der Waals surface area contributed by atoms with Crippen molar-refractivity contribution in [1.29, 1.82) is 0 Å². The Morgan fingerprint density at radius 3 is 2.81 bits per heavy atom. The molecule has 0 unspecified atom stereocenters. The standard InChI is InChI=1S/C12H10ClNO2/c1-7-4-9(10(15)6-13)5-8-2-3-11(16)14-12(7)8/h2-5H,6H2,1H3,(H,14,16). The maximum atomic E-state index is 11.5. The minimum absolute atomic E-state index is 0.0334. The number of nitrogens with one attached hydrogen (secondary N) is 1. The first-order valence-corrected chi connectivity index (χ1v) is 5.38. The first-order chi connectivity index (χ1) is 7.61. The van der Waals surface area contributed by atoms with Crippen LogP contribution in [0.25, 0.3) is 10.9 Å². The summed E-state index contributed by atoms with van der Waals surface area (Å²) in [6.07, 6.45) is 0. The SMILES string of the molecule is Cc1cc(C(=O)CCl)cc2ccc(=O)[nH]c12. The van der Waals surface area contributed by atoms with E-state index in [9.17, 15) is 9.59 Å². The summed E-state index contributed by atoms with van der Waals surface area (Å²) in [5, 5.41) is 0.841. The van der Waals surface area contributed by atoms with Crippen molar-refractivity contribution in [2.75, 3.05) is 5.88 Å². The van der Waals surface area contributed by atoms with E-state index in [1.807, 2.05) is 6.92 Å². The number of Topliss-reactive ketones (excluding diaryl/α,β-unsaturated/α-hetero) is 1. The highest BCUT2D eigenvalue weighted by atomic mass is 35.5. The molecule has 0 radical (unpaired) electrons. The van der Waals surface area contributed by atoms with Crippen LogP contribution in [0.5, 0.6) is 0 Å². The maximum absolute atomic E-state index is 11.5. The molecule has 82 valence electrons. The van der Waals surface area contributed by atoms with E-state index in [1.165, 1.54) is 6.07 Å². The number of pyridine rings is 1. The quantitative estimate of drug-likeness (QED) is 0.641. The number of hydrogen-bond acceptors (Lipinski definition) is 2. The number of aryl methyl sites for hydroxylation is 1. The molecule has 2 aromatic rings. The fourth-order valence-electron chi connectivity index (χ4n) is 1.69. The molecule has 2 rings (SSSR count). The van der Waals surface area contributed by atoms with Gasteiger partial charge < -0.3 is 4.98 Å². The number of rotatable bonds is 2. The summed E-state index contributed by atoms with van der Waals surface area (Å²) < 4.78 is 0. The van der Waals surface area contributed by atoms with Crippen molar-refractivity contribution >= 4 is 28.3 Å². The fraction of sp³-hybridized carbons (Fsp3) is 0.167. The van der Waals surface area contributed by atoms with E-state index < -0.39 is 0 Å². The van der Waals surface area contributed by atoms with Crippen molar-refractivity contribution in [3.8, 4) is 0 Å². The molecule has 4 heteroatoms. The van der Waals surface area contributed by atoms with Crippen LogP contribution in [0.3, 0.4) is 0 Å². The van der Waals surface area contributed by atoms with Crippen molar-refractivity contribution < 1.29 is 4.79 Å². The monoisotopic (exact) mass is 235 g/mol. The van der Waals surface area contributed by atoms with Crippen molar-refractivity contribution in [1.82, 2.24) is 4.98 Å². The molecule has 3 nitrogen and oxygen atoms in total. The molecular formula is C12H10ClNO2. The lowest BCUT2D eigenvalue weighted by Crippen LogP contribution is -2.06. The van der Waals surface area contributed by atoms with E-state index in [0.29, 0.717) is 5.56 Å². The second-order valence-electron chi connectivity index (χ2n) is 3.64. The van der Waals surface area contributed by atoms with Gasteiger partial charge >= 0.3 is 0 Å². The molecule has 1 heterocycles. The summed E-state index contributed by atoms with van der Waals surface area (Å²) in [6.45, 7) is 1.85. The Kier molecular flexibility index (Phi) is 2.79. The number of ketones is 1. The van der Waals surface area contributed by atoms with Crippen LogP contribution >= 0.6 is 11.6 Å². The molecule has 16 heavy (non-hydrogen) atoms. The van der Waals surface area contributed by atoms with E-state index in [2.05, 4.69) is 4.98 Å². The molecule has 0 aliphatic rings. The molecule has 1 aromatic carbocycles. The minimum Gasteiger partial charge on any atom is -0.322 e. The average molecular weight is 236 g/mol. The Bertz CT molecular complexity index is 616. The molecule has 0 aliphatic carbocycles. The third-order valence-electron chi connectivity index (χ3n) is 2.47. The Balaban J connectivity index is 2.73. The van der Waals surface area contributed by atoms with Gasteiger partial charge in [-0.3, -0.25) is 9.59 Å². The Labute approximate surface area is 97.1 Å². The molecule has 0 atom stereocenters. The minimum atomic E-state index is -0.146. The van der Waals surface area contributed by atoms with Crippen LogP contribution in [-0.2, 0) is 0 Å². The van der Waals surface area contributed by atoms with Crippen LogP contribution in [0.4, 0.5) is 0 Å². The molecule has 0 fully saturated rings. The van der Waals surface area contributed by atoms with Gasteiger partial charge in [0.05, 0.1) is 11.4 Å². The number of carbonyl (C=O) groups is 1. The van der Waals surface area contributed by atoms with Gasteiger partial charge in [-0.15, -0.1) is 11.6 Å². The molecule has 0 saturated heterocycles. The highest BCUT2D eigenvalue weighted by Crippen LogP contribution is 2.17. The fourth-order valence-corrected chi connectivity index (χ4v) is 1.84. The average Bonchev–Trinajstić information content (AvgIpc) is 2.28. The summed E-state index contributed by atoms with van der Waals surface area (Å²) >= 11 is 5.51. The number of carbonyl (C=O) groups excluding carboxylic acids is 1. The number of halogens is 1. The molecule has 0 saturated carbocycles. The lowest BCUT2D eigenvalue weighted by atomic mass is 10.0. The number of benzene rings is 1. The summed E-state index contributed by atoms with van der Waals surface area (Å²) in [6, 6.07) is 6.62. The van der Waals surface area contributed by atoms with Gasteiger partial charge in [0.15, 0.2) is 5.78 Å². The molecule has 0 aliphatic heterocycles. The number of aromatic nitrogens is 1. The van der Waals surface area contributed by atoms with E-state index in [1.54, 1.807) is 18.2 Å². The Hall–Kier alpha value is -1.61. The van der Waals surface area contributed by atoms with Gasteiger partial charge in [0.25, 0.3) is 0 Å². The molecule has 0 spiro atoms. The van der Waals surface area contributed by atoms with Crippen molar-refractivity contribution in [3.05, 3.63) is 45.7 Å². The zero-order chi connectivity index (χ0) is 11.7. The number of fused-ring (bicyclic) bond motifs is 1. The predicted molar refractivity (Wildman–Crippen MR) is 64.4 cm³/mol. The molecule has 1 aromatic heterocycles. The smallest absolute Gasteiger partial charge is 0.248 e. The topological polar surface area (TPSA) is 49.9 Å². The highest BCUT2D eigenvalue weighted by molar-refractivity contribution is 6.30. The number of hydrogen-bond donors (Lipinski definition) is 1. The maximum Gasteiger partial charge on any atom is 0.248 e. The summed E-state index contributed by atoms with van der Waals surface area (Å²) in [5.74, 6) is -0.147. The number of aromatic amines is 1. The molecule has 0 bridgehead atoms. The second-order valence-corrected chi connectivity index (χ2v) is 3.90. The summed E-state index contributed by atoms with van der Waals surface area (Å²) in [5.41, 5.74) is 2.06. The third kappa shape index (κ3) is 1.86. The van der Waals surface area contributed by atoms with Crippen molar-refractivity contribution in [3.63, 3.8) is 0 Å². The Morgan fingerprint density at radius 1 is 1.38 bits per heavy atom. The van der Waals surface area contributed by atoms with E-state index in [-0.39, 0.29) is 17.2 Å². The van der Waals surface area contributed by atoms with Crippen LogP contribution in [0, 0.1) is 6.92 Å². The number of H-pyrrole nitrogens is 1. The van der Waals surface area contributed by atoms with Gasteiger partial charge in [0.2, 0.25) is 5.56 Å². The molecular weight excluding hydrogens is 226 g/mol. The van der Waals surface area contributed by atoms with E-state index in [0.717, 1.165) is 16.5 Å². The van der Waals surface area contributed by atoms with Gasteiger partial charge in [0.1, 0.15) is 0 Å². The third-order valence-corrected chi connectivity index (χ3v) is 2.71. The summed E-state index contributed by atoms with van der Waals surface area (Å²) in [4.78, 5) is 25.4. The lowest BCUT2D eigenvalue weighted by molar-refractivity contribution is 0.102. The molecule has 0 amide bonds. The highest BCUT2D eigenvalue weighted by Gasteiger charge is 2.07. The largest absolute Gasteiger partial charge is 0.322 e.